The SMILES string of the molecule is CC(C)CC(NC(=O)OC(C)(C)C)C(=O)N1Cc2ccccc2C[C@H]1C(=O)O. The lowest BCUT2D eigenvalue weighted by Gasteiger charge is -2.37. The van der Waals surface area contributed by atoms with Gasteiger partial charge in [-0.25, -0.2) is 9.59 Å². The third-order valence-corrected chi connectivity index (χ3v) is 4.51. The average molecular weight is 390 g/mol. The molecule has 1 aliphatic heterocycles. The smallest absolute Gasteiger partial charge is 0.408 e. The zero-order valence-electron chi connectivity index (χ0n) is 17.2. The van der Waals surface area contributed by atoms with Gasteiger partial charge in [0.25, 0.3) is 0 Å². The monoisotopic (exact) mass is 390 g/mol. The third-order valence-electron chi connectivity index (χ3n) is 4.51. The fourth-order valence-electron chi connectivity index (χ4n) is 3.32. The highest BCUT2D eigenvalue weighted by molar-refractivity contribution is 5.90. The number of carbonyl (C=O) groups excluding carboxylic acids is 2. The highest BCUT2D eigenvalue weighted by atomic mass is 16.6. The number of nitrogens with zero attached hydrogens (tertiary/aromatic N) is 1. The van der Waals surface area contributed by atoms with Gasteiger partial charge in [0.2, 0.25) is 5.91 Å². The van der Waals surface area contributed by atoms with Crippen LogP contribution in [0.5, 0.6) is 0 Å². The number of carboxylic acids is 1. The van der Waals surface area contributed by atoms with E-state index in [0.29, 0.717) is 6.42 Å². The number of rotatable bonds is 5. The minimum absolute atomic E-state index is 0.129. The van der Waals surface area contributed by atoms with E-state index in [1.54, 1.807) is 20.8 Å². The van der Waals surface area contributed by atoms with Crippen LogP contribution in [0.2, 0.25) is 0 Å². The van der Waals surface area contributed by atoms with Gasteiger partial charge in [0.05, 0.1) is 0 Å². The molecule has 1 aromatic rings. The number of fused-ring (bicyclic) bond motifs is 1. The number of amides is 2. The van der Waals surface area contributed by atoms with E-state index in [0.717, 1.165) is 11.1 Å². The maximum Gasteiger partial charge on any atom is 0.408 e. The Morgan fingerprint density at radius 1 is 1.21 bits per heavy atom. The molecule has 1 unspecified atom stereocenters. The van der Waals surface area contributed by atoms with Gasteiger partial charge in [-0.15, -0.1) is 0 Å². The van der Waals surface area contributed by atoms with Crippen molar-refractivity contribution in [2.75, 3.05) is 0 Å². The average Bonchev–Trinajstić information content (AvgIpc) is 2.57. The largest absolute Gasteiger partial charge is 0.480 e. The molecule has 7 heteroatoms. The van der Waals surface area contributed by atoms with Crippen LogP contribution in [0.15, 0.2) is 24.3 Å². The second-order valence-corrected chi connectivity index (χ2v) is 8.62. The number of benzene rings is 1. The Morgan fingerprint density at radius 3 is 2.36 bits per heavy atom. The number of alkyl carbamates (subject to hydrolysis) is 1. The molecule has 154 valence electrons. The van der Waals surface area contributed by atoms with Gasteiger partial charge in [0.1, 0.15) is 17.7 Å². The van der Waals surface area contributed by atoms with Crippen molar-refractivity contribution in [3.05, 3.63) is 35.4 Å². The lowest BCUT2D eigenvalue weighted by atomic mass is 9.92. The maximum absolute atomic E-state index is 13.3. The van der Waals surface area contributed by atoms with Crippen LogP contribution in [-0.4, -0.2) is 45.7 Å². The summed E-state index contributed by atoms with van der Waals surface area (Å²) >= 11 is 0. The quantitative estimate of drug-likeness (QED) is 0.806. The molecule has 2 atom stereocenters. The second-order valence-electron chi connectivity index (χ2n) is 8.62. The number of ether oxygens (including phenoxy) is 1. The Kier molecular flexibility index (Phi) is 6.69. The van der Waals surface area contributed by atoms with E-state index < -0.39 is 35.7 Å². The second kappa shape index (κ2) is 8.63. The molecule has 1 heterocycles. The summed E-state index contributed by atoms with van der Waals surface area (Å²) < 4.78 is 5.28. The Balaban J connectivity index is 2.25. The van der Waals surface area contributed by atoms with E-state index >= 15 is 0 Å². The van der Waals surface area contributed by atoms with E-state index in [1.165, 1.54) is 4.90 Å². The highest BCUT2D eigenvalue weighted by Gasteiger charge is 2.38. The van der Waals surface area contributed by atoms with Gasteiger partial charge in [-0.3, -0.25) is 4.79 Å². The zero-order chi connectivity index (χ0) is 21.1. The van der Waals surface area contributed by atoms with Crippen LogP contribution in [0.3, 0.4) is 0 Å². The molecule has 28 heavy (non-hydrogen) atoms. The summed E-state index contributed by atoms with van der Waals surface area (Å²) in [5.41, 5.74) is 1.16. The fraction of sp³-hybridized carbons (Fsp3) is 0.571. The standard InChI is InChI=1S/C21H30N2O5/c1-13(2)10-16(22-20(27)28-21(3,4)5)18(24)23-12-15-9-7-6-8-14(15)11-17(23)19(25)26/h6-9,13,16-17H,10-12H2,1-5H3,(H,22,27)(H,25,26)/t16?,17-/m0/s1. The van der Waals surface area contributed by atoms with Crippen LogP contribution in [0.25, 0.3) is 0 Å². The van der Waals surface area contributed by atoms with Crippen molar-refractivity contribution >= 4 is 18.0 Å². The normalized spacial score (nSPS) is 17.6. The number of carbonyl (C=O) groups is 3. The molecule has 2 rings (SSSR count). The first-order valence-corrected chi connectivity index (χ1v) is 9.57. The summed E-state index contributed by atoms with van der Waals surface area (Å²) in [4.78, 5) is 38.7. The van der Waals surface area contributed by atoms with E-state index in [9.17, 15) is 19.5 Å². The van der Waals surface area contributed by atoms with Crippen molar-refractivity contribution in [3.8, 4) is 0 Å². The molecule has 2 amide bonds. The van der Waals surface area contributed by atoms with Gasteiger partial charge in [0, 0.05) is 13.0 Å². The van der Waals surface area contributed by atoms with Crippen molar-refractivity contribution in [2.24, 2.45) is 5.92 Å². The number of aliphatic carboxylic acids is 1. The van der Waals surface area contributed by atoms with Crippen LogP contribution >= 0.6 is 0 Å². The zero-order valence-corrected chi connectivity index (χ0v) is 17.2. The number of hydrogen-bond donors (Lipinski definition) is 2. The summed E-state index contributed by atoms with van der Waals surface area (Å²) in [6.07, 6.45) is -0.0449. The van der Waals surface area contributed by atoms with Crippen LogP contribution < -0.4 is 5.32 Å². The molecule has 0 aromatic heterocycles. The Bertz CT molecular complexity index is 739. The molecule has 1 aromatic carbocycles. The first-order valence-electron chi connectivity index (χ1n) is 9.57. The summed E-state index contributed by atoms with van der Waals surface area (Å²) in [7, 11) is 0. The summed E-state index contributed by atoms with van der Waals surface area (Å²) in [6.45, 7) is 9.32. The van der Waals surface area contributed by atoms with Gasteiger partial charge in [-0.1, -0.05) is 38.1 Å². The number of carboxylic acid groups (broad SMARTS) is 1. The maximum atomic E-state index is 13.3. The topological polar surface area (TPSA) is 95.9 Å². The molecule has 0 spiro atoms. The van der Waals surface area contributed by atoms with Crippen molar-refractivity contribution < 1.29 is 24.2 Å². The molecule has 0 saturated carbocycles. The predicted octanol–water partition coefficient (Wildman–Crippen LogP) is 2.96. The molecule has 7 nitrogen and oxygen atoms in total. The van der Waals surface area contributed by atoms with Crippen molar-refractivity contribution in [3.63, 3.8) is 0 Å². The molecule has 0 radical (unpaired) electrons. The molecular formula is C21H30N2O5. The molecule has 2 N–H and O–H groups in total. The Labute approximate surface area is 166 Å². The van der Waals surface area contributed by atoms with Crippen molar-refractivity contribution in [1.82, 2.24) is 10.2 Å². The van der Waals surface area contributed by atoms with Crippen molar-refractivity contribution in [1.29, 1.82) is 0 Å². The van der Waals surface area contributed by atoms with Gasteiger partial charge in [0.15, 0.2) is 0 Å². The van der Waals surface area contributed by atoms with Crippen LogP contribution in [0.4, 0.5) is 4.79 Å². The van der Waals surface area contributed by atoms with E-state index in [2.05, 4.69) is 5.32 Å². The fourth-order valence-corrected chi connectivity index (χ4v) is 3.32. The van der Waals surface area contributed by atoms with Gasteiger partial charge >= 0.3 is 12.1 Å². The molecule has 0 saturated heterocycles. The molecule has 0 bridgehead atoms. The van der Waals surface area contributed by atoms with Gasteiger partial charge in [-0.2, -0.15) is 0 Å². The van der Waals surface area contributed by atoms with E-state index in [1.807, 2.05) is 38.1 Å². The predicted molar refractivity (Wildman–Crippen MR) is 105 cm³/mol. The first-order chi connectivity index (χ1) is 13.0. The van der Waals surface area contributed by atoms with Gasteiger partial charge < -0.3 is 20.1 Å². The molecular weight excluding hydrogens is 360 g/mol. The Morgan fingerprint density at radius 2 is 1.82 bits per heavy atom. The number of nitrogens with one attached hydrogen (secondary N) is 1. The first kappa shape index (κ1) is 21.7. The summed E-state index contributed by atoms with van der Waals surface area (Å²) in [5, 5.41) is 12.3. The van der Waals surface area contributed by atoms with Crippen LogP contribution in [0.1, 0.15) is 52.2 Å². The van der Waals surface area contributed by atoms with Crippen LogP contribution in [-0.2, 0) is 27.3 Å². The summed E-state index contributed by atoms with van der Waals surface area (Å²) in [5.74, 6) is -1.32. The molecule has 1 aliphatic rings. The molecule has 0 fully saturated rings. The number of hydrogen-bond acceptors (Lipinski definition) is 4. The minimum Gasteiger partial charge on any atom is -0.480 e. The van der Waals surface area contributed by atoms with E-state index in [4.69, 9.17) is 4.74 Å². The van der Waals surface area contributed by atoms with Gasteiger partial charge in [-0.05, 0) is 44.2 Å². The van der Waals surface area contributed by atoms with Crippen molar-refractivity contribution in [2.45, 2.75) is 71.7 Å². The summed E-state index contributed by atoms with van der Waals surface area (Å²) in [6, 6.07) is 5.71. The highest BCUT2D eigenvalue weighted by Crippen LogP contribution is 2.25. The Hall–Kier alpha value is -2.57. The van der Waals surface area contributed by atoms with Crippen LogP contribution in [0, 0.1) is 5.92 Å². The lowest BCUT2D eigenvalue weighted by Crippen LogP contribution is -2.56. The van der Waals surface area contributed by atoms with E-state index in [-0.39, 0.29) is 18.9 Å². The molecule has 0 aliphatic carbocycles. The minimum atomic E-state index is -1.05. The lowest BCUT2D eigenvalue weighted by molar-refractivity contribution is -0.152. The third kappa shape index (κ3) is 5.71.